The Morgan fingerprint density at radius 1 is 1.23 bits per heavy atom. The van der Waals surface area contributed by atoms with Crippen molar-refractivity contribution in [2.45, 2.75) is 52.9 Å². The molecule has 0 unspecified atom stereocenters. The van der Waals surface area contributed by atoms with Gasteiger partial charge in [0, 0.05) is 13.0 Å². The number of aryl methyl sites for hydroxylation is 2. The summed E-state index contributed by atoms with van der Waals surface area (Å²) in [7, 11) is 0. The maximum Gasteiger partial charge on any atom is 0.306 e. The molecule has 0 spiro atoms. The number of aromatic hydroxyl groups is 1. The molecule has 0 saturated heterocycles. The SMILES string of the molecule is CCOCCOC(=O)CCc1cc(C)c(O)c(C(C)(C)C)c1. The standard InChI is InChI=1S/C18H28O4/c1-6-21-9-10-22-16(19)8-7-14-11-13(2)17(20)15(12-14)18(3,4)5/h11-12,20H,6-10H2,1-5H3. The van der Waals surface area contributed by atoms with E-state index in [0.29, 0.717) is 38.4 Å². The van der Waals surface area contributed by atoms with Gasteiger partial charge in [0.2, 0.25) is 0 Å². The number of hydrogen-bond acceptors (Lipinski definition) is 4. The molecule has 1 N–H and O–H groups in total. The Morgan fingerprint density at radius 2 is 1.91 bits per heavy atom. The van der Waals surface area contributed by atoms with Crippen LogP contribution in [-0.4, -0.2) is 30.9 Å². The lowest BCUT2D eigenvalue weighted by atomic mass is 9.83. The van der Waals surface area contributed by atoms with Crippen LogP contribution in [0.25, 0.3) is 0 Å². The summed E-state index contributed by atoms with van der Waals surface area (Å²) in [4.78, 5) is 11.7. The van der Waals surface area contributed by atoms with Crippen molar-refractivity contribution >= 4 is 5.97 Å². The molecule has 0 aliphatic carbocycles. The number of carbonyl (C=O) groups is 1. The predicted octanol–water partition coefficient (Wildman–Crippen LogP) is 3.51. The van der Waals surface area contributed by atoms with Gasteiger partial charge < -0.3 is 14.6 Å². The van der Waals surface area contributed by atoms with Crippen molar-refractivity contribution in [2.75, 3.05) is 19.8 Å². The molecule has 0 heterocycles. The molecule has 1 aromatic carbocycles. The first-order valence-electron chi connectivity index (χ1n) is 7.82. The fourth-order valence-electron chi connectivity index (χ4n) is 2.25. The highest BCUT2D eigenvalue weighted by molar-refractivity contribution is 5.69. The first-order valence-corrected chi connectivity index (χ1v) is 7.82. The van der Waals surface area contributed by atoms with Gasteiger partial charge in [-0.3, -0.25) is 4.79 Å². The zero-order chi connectivity index (χ0) is 16.8. The molecular weight excluding hydrogens is 280 g/mol. The molecule has 1 aromatic rings. The molecule has 0 bridgehead atoms. The molecule has 0 radical (unpaired) electrons. The third kappa shape index (κ3) is 5.68. The summed E-state index contributed by atoms with van der Waals surface area (Å²) < 4.78 is 10.2. The molecule has 4 heteroatoms. The zero-order valence-electron chi connectivity index (χ0n) is 14.4. The van der Waals surface area contributed by atoms with E-state index in [0.717, 1.165) is 16.7 Å². The number of benzene rings is 1. The summed E-state index contributed by atoms with van der Waals surface area (Å²) in [5.41, 5.74) is 2.66. The molecule has 0 amide bonds. The van der Waals surface area contributed by atoms with Gasteiger partial charge in [0.1, 0.15) is 12.4 Å². The number of esters is 1. The van der Waals surface area contributed by atoms with Crippen LogP contribution in [0.1, 0.15) is 50.8 Å². The number of rotatable bonds is 7. The minimum atomic E-state index is -0.220. The molecule has 0 saturated carbocycles. The normalized spacial score (nSPS) is 11.5. The van der Waals surface area contributed by atoms with Crippen molar-refractivity contribution in [3.05, 3.63) is 28.8 Å². The second kappa shape index (κ2) is 8.18. The second-order valence-electron chi connectivity index (χ2n) is 6.48. The minimum absolute atomic E-state index is 0.136. The van der Waals surface area contributed by atoms with Gasteiger partial charge in [-0.1, -0.05) is 32.9 Å². The Hall–Kier alpha value is -1.55. The van der Waals surface area contributed by atoms with Crippen molar-refractivity contribution in [3.63, 3.8) is 0 Å². The first-order chi connectivity index (χ1) is 10.3. The fourth-order valence-corrected chi connectivity index (χ4v) is 2.25. The number of phenols is 1. The van der Waals surface area contributed by atoms with E-state index >= 15 is 0 Å². The number of phenolic OH excluding ortho intramolecular Hbond substituents is 1. The Balaban J connectivity index is 2.63. The van der Waals surface area contributed by atoms with E-state index in [4.69, 9.17) is 9.47 Å². The van der Waals surface area contributed by atoms with Crippen LogP contribution in [0.5, 0.6) is 5.75 Å². The van der Waals surface area contributed by atoms with E-state index in [1.807, 2.05) is 26.0 Å². The molecule has 4 nitrogen and oxygen atoms in total. The Kier molecular flexibility index (Phi) is 6.88. The van der Waals surface area contributed by atoms with Gasteiger partial charge in [-0.05, 0) is 42.4 Å². The summed E-state index contributed by atoms with van der Waals surface area (Å²) in [6.07, 6.45) is 0.942. The van der Waals surface area contributed by atoms with Crippen LogP contribution < -0.4 is 0 Å². The second-order valence-corrected chi connectivity index (χ2v) is 6.48. The van der Waals surface area contributed by atoms with Crippen LogP contribution in [0, 0.1) is 6.92 Å². The number of hydrogen-bond donors (Lipinski definition) is 1. The van der Waals surface area contributed by atoms with Crippen LogP contribution in [0.15, 0.2) is 12.1 Å². The number of ether oxygens (including phenoxy) is 2. The minimum Gasteiger partial charge on any atom is -0.507 e. The fraction of sp³-hybridized carbons (Fsp3) is 0.611. The van der Waals surface area contributed by atoms with Crippen molar-refractivity contribution in [1.29, 1.82) is 0 Å². The quantitative estimate of drug-likeness (QED) is 0.618. The summed E-state index contributed by atoms with van der Waals surface area (Å²) in [5.74, 6) is 0.123. The van der Waals surface area contributed by atoms with Crippen molar-refractivity contribution < 1.29 is 19.4 Å². The highest BCUT2D eigenvalue weighted by atomic mass is 16.6. The van der Waals surface area contributed by atoms with Gasteiger partial charge in [-0.25, -0.2) is 0 Å². The van der Waals surface area contributed by atoms with Gasteiger partial charge in [-0.15, -0.1) is 0 Å². The van der Waals surface area contributed by atoms with Crippen molar-refractivity contribution in [3.8, 4) is 5.75 Å². The summed E-state index contributed by atoms with van der Waals surface area (Å²) in [6, 6.07) is 3.91. The summed E-state index contributed by atoms with van der Waals surface area (Å²) in [5, 5.41) is 10.2. The molecule has 0 atom stereocenters. The zero-order valence-corrected chi connectivity index (χ0v) is 14.4. The summed E-state index contributed by atoms with van der Waals surface area (Å²) in [6.45, 7) is 11.3. The highest BCUT2D eigenvalue weighted by Crippen LogP contribution is 2.34. The van der Waals surface area contributed by atoms with Gasteiger partial charge >= 0.3 is 5.97 Å². The maximum absolute atomic E-state index is 11.7. The molecule has 22 heavy (non-hydrogen) atoms. The lowest BCUT2D eigenvalue weighted by Gasteiger charge is -2.22. The van der Waals surface area contributed by atoms with Crippen LogP contribution in [0.3, 0.4) is 0 Å². The third-order valence-corrected chi connectivity index (χ3v) is 3.48. The Morgan fingerprint density at radius 3 is 2.50 bits per heavy atom. The van der Waals surface area contributed by atoms with E-state index in [1.165, 1.54) is 0 Å². The van der Waals surface area contributed by atoms with Crippen molar-refractivity contribution in [2.24, 2.45) is 0 Å². The van der Waals surface area contributed by atoms with E-state index in [-0.39, 0.29) is 11.4 Å². The lowest BCUT2D eigenvalue weighted by Crippen LogP contribution is -2.13. The van der Waals surface area contributed by atoms with Gasteiger partial charge in [0.15, 0.2) is 0 Å². The predicted molar refractivity (Wildman–Crippen MR) is 87.3 cm³/mol. The van der Waals surface area contributed by atoms with E-state index in [2.05, 4.69) is 20.8 Å². The average molecular weight is 308 g/mol. The van der Waals surface area contributed by atoms with E-state index in [9.17, 15) is 9.90 Å². The van der Waals surface area contributed by atoms with Gasteiger partial charge in [-0.2, -0.15) is 0 Å². The van der Waals surface area contributed by atoms with Gasteiger partial charge in [0.25, 0.3) is 0 Å². The van der Waals surface area contributed by atoms with Crippen molar-refractivity contribution in [1.82, 2.24) is 0 Å². The van der Waals surface area contributed by atoms with Crippen LogP contribution in [-0.2, 0) is 26.1 Å². The topological polar surface area (TPSA) is 55.8 Å². The molecule has 0 aliphatic rings. The van der Waals surface area contributed by atoms with Gasteiger partial charge in [0.05, 0.1) is 6.61 Å². The van der Waals surface area contributed by atoms with Crippen LogP contribution >= 0.6 is 0 Å². The molecule has 0 fully saturated rings. The smallest absolute Gasteiger partial charge is 0.306 e. The monoisotopic (exact) mass is 308 g/mol. The summed E-state index contributed by atoms with van der Waals surface area (Å²) >= 11 is 0. The molecule has 124 valence electrons. The van der Waals surface area contributed by atoms with Crippen LogP contribution in [0.4, 0.5) is 0 Å². The Bertz CT molecular complexity index is 501. The van der Waals surface area contributed by atoms with E-state index in [1.54, 1.807) is 0 Å². The molecular formula is C18H28O4. The Labute approximate surface area is 133 Å². The first kappa shape index (κ1) is 18.5. The molecule has 1 rings (SSSR count). The number of carbonyl (C=O) groups excluding carboxylic acids is 1. The third-order valence-electron chi connectivity index (χ3n) is 3.48. The average Bonchev–Trinajstić information content (AvgIpc) is 2.43. The van der Waals surface area contributed by atoms with E-state index < -0.39 is 0 Å². The highest BCUT2D eigenvalue weighted by Gasteiger charge is 2.20. The lowest BCUT2D eigenvalue weighted by molar-refractivity contribution is -0.145. The molecule has 0 aliphatic heterocycles. The largest absolute Gasteiger partial charge is 0.507 e. The maximum atomic E-state index is 11.7. The van der Waals surface area contributed by atoms with Crippen LogP contribution in [0.2, 0.25) is 0 Å². The molecule has 0 aromatic heterocycles.